The summed E-state index contributed by atoms with van der Waals surface area (Å²) in [6, 6.07) is 40.7. The van der Waals surface area contributed by atoms with Gasteiger partial charge >= 0.3 is 0 Å². The Balaban J connectivity index is 0.000000230. The standard InChI is InChI=1S/C17H12N.C12H10N.2Ir/c1-2-7-14(8-3-1)15-9-6-10-16(13-15)17-11-4-5-12-18-17;1-10-6-5-9-13-12(10)11-7-3-2-4-8-11;;/h1-9,11-13H;2-7,9H,1H3;;/q2*-1;;. The van der Waals surface area contributed by atoms with E-state index in [2.05, 4.69) is 59.4 Å². The zero-order valence-electron chi connectivity index (χ0n) is 18.0. The van der Waals surface area contributed by atoms with Gasteiger partial charge in [0.05, 0.1) is 0 Å². The Morgan fingerprint density at radius 3 is 2.00 bits per heavy atom. The molecule has 0 aliphatic carbocycles. The van der Waals surface area contributed by atoms with Crippen LogP contribution in [0.3, 0.4) is 0 Å². The van der Waals surface area contributed by atoms with E-state index in [4.69, 9.17) is 0 Å². The van der Waals surface area contributed by atoms with E-state index < -0.39 is 0 Å². The van der Waals surface area contributed by atoms with Crippen LogP contribution in [0, 0.1) is 19.1 Å². The van der Waals surface area contributed by atoms with E-state index in [1.54, 1.807) is 6.20 Å². The van der Waals surface area contributed by atoms with Gasteiger partial charge in [-0.3, -0.25) is 0 Å². The van der Waals surface area contributed by atoms with E-state index in [0.717, 1.165) is 22.5 Å². The van der Waals surface area contributed by atoms with Gasteiger partial charge < -0.3 is 9.97 Å². The second-order valence-corrected chi connectivity index (χ2v) is 7.02. The maximum Gasteiger partial charge on any atom is 0.0160 e. The average Bonchev–Trinajstić information content (AvgIpc) is 2.86. The molecule has 0 fully saturated rings. The van der Waals surface area contributed by atoms with Crippen LogP contribution in [0.25, 0.3) is 33.6 Å². The normalized spacial score (nSPS) is 9.48. The molecule has 168 valence electrons. The predicted molar refractivity (Wildman–Crippen MR) is 127 cm³/mol. The molecule has 0 bridgehead atoms. The zero-order valence-corrected chi connectivity index (χ0v) is 22.8. The summed E-state index contributed by atoms with van der Waals surface area (Å²) in [5.74, 6) is 0. The Kier molecular flexibility index (Phi) is 11.0. The van der Waals surface area contributed by atoms with E-state index in [1.165, 1.54) is 16.7 Å². The van der Waals surface area contributed by atoms with Crippen molar-refractivity contribution in [3.63, 3.8) is 0 Å². The van der Waals surface area contributed by atoms with E-state index >= 15 is 0 Å². The number of aryl methyl sites for hydroxylation is 1. The summed E-state index contributed by atoms with van der Waals surface area (Å²) in [6.45, 7) is 2.06. The molecule has 2 aromatic heterocycles. The van der Waals surface area contributed by atoms with Gasteiger partial charge in [0, 0.05) is 52.6 Å². The molecule has 4 heteroatoms. The molecule has 0 unspecified atom stereocenters. The molecule has 0 atom stereocenters. The summed E-state index contributed by atoms with van der Waals surface area (Å²) in [6.07, 6.45) is 3.61. The summed E-state index contributed by atoms with van der Waals surface area (Å²) < 4.78 is 0. The van der Waals surface area contributed by atoms with E-state index in [-0.39, 0.29) is 40.2 Å². The van der Waals surface area contributed by atoms with Crippen molar-refractivity contribution in [1.29, 1.82) is 0 Å². The van der Waals surface area contributed by atoms with Crippen molar-refractivity contribution in [3.05, 3.63) is 133 Å². The molecule has 2 heterocycles. The maximum atomic E-state index is 4.35. The van der Waals surface area contributed by atoms with Crippen molar-refractivity contribution in [2.45, 2.75) is 6.92 Å². The van der Waals surface area contributed by atoms with Crippen LogP contribution in [-0.2, 0) is 40.2 Å². The van der Waals surface area contributed by atoms with E-state index in [1.807, 2.05) is 79.0 Å². The topological polar surface area (TPSA) is 25.8 Å². The van der Waals surface area contributed by atoms with E-state index in [0.29, 0.717) is 0 Å². The van der Waals surface area contributed by atoms with E-state index in [9.17, 15) is 0 Å². The third-order valence-electron chi connectivity index (χ3n) is 4.82. The molecule has 5 rings (SSSR count). The number of rotatable bonds is 3. The van der Waals surface area contributed by atoms with Gasteiger partial charge in [0.25, 0.3) is 0 Å². The van der Waals surface area contributed by atoms with Crippen LogP contribution in [-0.4, -0.2) is 9.97 Å². The van der Waals surface area contributed by atoms with Gasteiger partial charge in [-0.25, -0.2) is 0 Å². The number of nitrogens with zero attached hydrogens (tertiary/aromatic N) is 2. The Hall–Kier alpha value is -2.74. The molecule has 0 aliphatic rings. The largest absolute Gasteiger partial charge is 0.305 e. The maximum absolute atomic E-state index is 4.35. The molecule has 2 nitrogen and oxygen atoms in total. The van der Waals surface area contributed by atoms with Crippen LogP contribution in [0.15, 0.2) is 116 Å². The molecule has 5 aromatic rings. The summed E-state index contributed by atoms with van der Waals surface area (Å²) >= 11 is 0. The SMILES string of the molecule is Cc1cccnc1-c1[c-]cccc1.[Ir].[Ir].[c-]1ccc(-c2ccccc2)cc1-c1ccccn1. The van der Waals surface area contributed by atoms with Gasteiger partial charge in [0.15, 0.2) is 0 Å². The van der Waals surface area contributed by atoms with Crippen LogP contribution in [0.4, 0.5) is 0 Å². The van der Waals surface area contributed by atoms with Gasteiger partial charge in [-0.15, -0.1) is 71.3 Å². The minimum Gasteiger partial charge on any atom is -0.305 e. The van der Waals surface area contributed by atoms with Crippen LogP contribution >= 0.6 is 0 Å². The Morgan fingerprint density at radius 2 is 1.30 bits per heavy atom. The third kappa shape index (κ3) is 7.38. The summed E-state index contributed by atoms with van der Waals surface area (Å²) in [7, 11) is 0. The van der Waals surface area contributed by atoms with Crippen molar-refractivity contribution >= 4 is 0 Å². The molecule has 0 saturated carbocycles. The number of pyridine rings is 2. The van der Waals surface area contributed by atoms with Gasteiger partial charge in [0.2, 0.25) is 0 Å². The fraction of sp³-hybridized carbons (Fsp3) is 0.0345. The van der Waals surface area contributed by atoms with Crippen molar-refractivity contribution in [2.75, 3.05) is 0 Å². The quantitative estimate of drug-likeness (QED) is 0.183. The van der Waals surface area contributed by atoms with Crippen LogP contribution in [0.1, 0.15) is 5.56 Å². The van der Waals surface area contributed by atoms with Gasteiger partial charge in [-0.2, -0.15) is 0 Å². The molecule has 2 radical (unpaired) electrons. The first-order valence-electron chi connectivity index (χ1n) is 10.2. The fourth-order valence-electron chi connectivity index (χ4n) is 3.25. The molecule has 0 amide bonds. The first kappa shape index (κ1) is 26.5. The minimum absolute atomic E-state index is 0. The zero-order chi connectivity index (χ0) is 21.3. The molecule has 0 aliphatic heterocycles. The number of aromatic nitrogens is 2. The van der Waals surface area contributed by atoms with Crippen molar-refractivity contribution in [3.8, 4) is 33.6 Å². The molecule has 0 N–H and O–H groups in total. The van der Waals surface area contributed by atoms with Gasteiger partial charge in [-0.05, 0) is 36.0 Å². The van der Waals surface area contributed by atoms with Gasteiger partial charge in [-0.1, -0.05) is 54.1 Å². The molecule has 0 spiro atoms. The predicted octanol–water partition coefficient (Wildman–Crippen LogP) is 7.07. The van der Waals surface area contributed by atoms with Crippen LogP contribution in [0.5, 0.6) is 0 Å². The molecule has 33 heavy (non-hydrogen) atoms. The van der Waals surface area contributed by atoms with Crippen LogP contribution in [0.2, 0.25) is 0 Å². The second-order valence-electron chi connectivity index (χ2n) is 7.02. The fourth-order valence-corrected chi connectivity index (χ4v) is 3.25. The average molecular weight is 783 g/mol. The first-order valence-corrected chi connectivity index (χ1v) is 10.2. The number of hydrogen-bond acceptors (Lipinski definition) is 2. The summed E-state index contributed by atoms with van der Waals surface area (Å²) in [4.78, 5) is 8.67. The minimum atomic E-state index is 0. The van der Waals surface area contributed by atoms with Crippen molar-refractivity contribution in [1.82, 2.24) is 9.97 Å². The Morgan fingerprint density at radius 1 is 0.576 bits per heavy atom. The molecular weight excluding hydrogens is 761 g/mol. The van der Waals surface area contributed by atoms with Crippen molar-refractivity contribution in [2.24, 2.45) is 0 Å². The first-order chi connectivity index (χ1) is 15.3. The van der Waals surface area contributed by atoms with Crippen molar-refractivity contribution < 1.29 is 40.2 Å². The third-order valence-corrected chi connectivity index (χ3v) is 4.82. The molecular formula is C29H22Ir2N2-2. The number of hydrogen-bond donors (Lipinski definition) is 0. The summed E-state index contributed by atoms with van der Waals surface area (Å²) in [5.41, 5.74) is 7.64. The van der Waals surface area contributed by atoms with Gasteiger partial charge in [0.1, 0.15) is 0 Å². The number of benzene rings is 3. The Labute approximate surface area is 222 Å². The molecule has 3 aromatic carbocycles. The smallest absolute Gasteiger partial charge is 0.0160 e. The molecule has 0 saturated heterocycles. The van der Waals surface area contributed by atoms with Crippen LogP contribution < -0.4 is 0 Å². The second kappa shape index (κ2) is 13.7. The Bertz CT molecular complexity index is 1170. The summed E-state index contributed by atoms with van der Waals surface area (Å²) in [5, 5.41) is 0. The monoisotopic (exact) mass is 784 g/mol.